The van der Waals surface area contributed by atoms with Crippen LogP contribution in [0.25, 0.3) is 0 Å². The van der Waals surface area contributed by atoms with Gasteiger partial charge in [0.2, 0.25) is 5.91 Å². The summed E-state index contributed by atoms with van der Waals surface area (Å²) in [7, 11) is 0. The Morgan fingerprint density at radius 3 is 2.82 bits per heavy atom. The average Bonchev–Trinajstić information content (AvgIpc) is 2.62. The smallest absolute Gasteiger partial charge is 0.234 e. The molecule has 0 saturated carbocycles. The first-order valence-electron chi connectivity index (χ1n) is 5.72. The SMILES string of the molecule is C=CCNC(=O)CN[C@H](C)c1cc(C)sc1C. The Balaban J connectivity index is 2.44. The van der Waals surface area contributed by atoms with Crippen LogP contribution >= 0.6 is 11.3 Å². The van der Waals surface area contributed by atoms with Crippen LogP contribution in [0.4, 0.5) is 0 Å². The van der Waals surface area contributed by atoms with E-state index in [-0.39, 0.29) is 11.9 Å². The van der Waals surface area contributed by atoms with Crippen molar-refractivity contribution in [2.45, 2.75) is 26.8 Å². The summed E-state index contributed by atoms with van der Waals surface area (Å²) in [6.45, 7) is 10.7. The number of rotatable bonds is 6. The molecule has 0 spiro atoms. The van der Waals surface area contributed by atoms with Crippen molar-refractivity contribution < 1.29 is 4.79 Å². The monoisotopic (exact) mass is 252 g/mol. The number of hydrogen-bond acceptors (Lipinski definition) is 3. The number of hydrogen-bond donors (Lipinski definition) is 2. The number of nitrogens with one attached hydrogen (secondary N) is 2. The Morgan fingerprint density at radius 2 is 2.29 bits per heavy atom. The predicted molar refractivity (Wildman–Crippen MR) is 73.4 cm³/mol. The Kier molecular flexibility index (Phi) is 5.38. The molecule has 1 aromatic rings. The molecule has 0 bridgehead atoms. The summed E-state index contributed by atoms with van der Waals surface area (Å²) >= 11 is 1.79. The number of carbonyl (C=O) groups is 1. The Labute approximate surface area is 107 Å². The van der Waals surface area contributed by atoms with Crippen molar-refractivity contribution in [3.63, 3.8) is 0 Å². The van der Waals surface area contributed by atoms with E-state index >= 15 is 0 Å². The number of thiophene rings is 1. The zero-order chi connectivity index (χ0) is 12.8. The van der Waals surface area contributed by atoms with Crippen LogP contribution in [-0.4, -0.2) is 19.0 Å². The van der Waals surface area contributed by atoms with E-state index in [1.165, 1.54) is 15.3 Å². The van der Waals surface area contributed by atoms with Gasteiger partial charge in [0.25, 0.3) is 0 Å². The topological polar surface area (TPSA) is 41.1 Å². The van der Waals surface area contributed by atoms with Gasteiger partial charge in [-0.1, -0.05) is 6.08 Å². The van der Waals surface area contributed by atoms with Crippen LogP contribution in [0.5, 0.6) is 0 Å². The zero-order valence-corrected chi connectivity index (χ0v) is 11.5. The summed E-state index contributed by atoms with van der Waals surface area (Å²) in [5, 5.41) is 5.96. The molecule has 0 unspecified atom stereocenters. The van der Waals surface area contributed by atoms with Crippen molar-refractivity contribution in [1.82, 2.24) is 10.6 Å². The molecule has 0 saturated heterocycles. The first-order valence-corrected chi connectivity index (χ1v) is 6.54. The third-order valence-corrected chi connectivity index (χ3v) is 3.54. The molecule has 94 valence electrons. The van der Waals surface area contributed by atoms with Gasteiger partial charge in [0, 0.05) is 22.3 Å². The van der Waals surface area contributed by atoms with E-state index in [4.69, 9.17) is 0 Å². The van der Waals surface area contributed by atoms with E-state index in [1.807, 2.05) is 0 Å². The number of aryl methyl sites for hydroxylation is 2. The molecular weight excluding hydrogens is 232 g/mol. The van der Waals surface area contributed by atoms with E-state index in [0.717, 1.165) is 0 Å². The molecule has 1 amide bonds. The molecule has 1 rings (SSSR count). The summed E-state index contributed by atoms with van der Waals surface area (Å²) in [5.41, 5.74) is 1.28. The Bertz CT molecular complexity index is 398. The second-order valence-electron chi connectivity index (χ2n) is 4.06. The summed E-state index contributed by atoms with van der Waals surface area (Å²) < 4.78 is 0. The van der Waals surface area contributed by atoms with Crippen molar-refractivity contribution >= 4 is 17.2 Å². The Morgan fingerprint density at radius 1 is 1.59 bits per heavy atom. The molecule has 1 aromatic heterocycles. The molecular formula is C13H20N2OS. The van der Waals surface area contributed by atoms with Crippen molar-refractivity contribution in [2.24, 2.45) is 0 Å². The second kappa shape index (κ2) is 6.57. The predicted octanol–water partition coefficient (Wildman–Crippen LogP) is 2.32. The van der Waals surface area contributed by atoms with E-state index in [0.29, 0.717) is 13.1 Å². The summed E-state index contributed by atoms with van der Waals surface area (Å²) in [5.74, 6) is 0.00125. The molecule has 0 fully saturated rings. The van der Waals surface area contributed by atoms with E-state index in [1.54, 1.807) is 17.4 Å². The minimum Gasteiger partial charge on any atom is -0.352 e. The van der Waals surface area contributed by atoms with E-state index in [9.17, 15) is 4.79 Å². The molecule has 3 nitrogen and oxygen atoms in total. The molecule has 0 aliphatic heterocycles. The lowest BCUT2D eigenvalue weighted by atomic mass is 10.1. The van der Waals surface area contributed by atoms with Gasteiger partial charge >= 0.3 is 0 Å². The molecule has 1 heterocycles. The van der Waals surface area contributed by atoms with Crippen LogP contribution < -0.4 is 10.6 Å². The maximum Gasteiger partial charge on any atom is 0.234 e. The van der Waals surface area contributed by atoms with Gasteiger partial charge in [0.05, 0.1) is 6.54 Å². The summed E-state index contributed by atoms with van der Waals surface area (Å²) in [4.78, 5) is 14.0. The maximum atomic E-state index is 11.4. The lowest BCUT2D eigenvalue weighted by molar-refractivity contribution is -0.120. The van der Waals surface area contributed by atoms with Gasteiger partial charge in [-0.05, 0) is 32.4 Å². The normalized spacial score (nSPS) is 12.2. The van der Waals surface area contributed by atoms with Crippen LogP contribution in [0.2, 0.25) is 0 Å². The number of amides is 1. The fraction of sp³-hybridized carbons (Fsp3) is 0.462. The van der Waals surface area contributed by atoms with Gasteiger partial charge in [0.15, 0.2) is 0 Å². The zero-order valence-electron chi connectivity index (χ0n) is 10.7. The van der Waals surface area contributed by atoms with Crippen molar-refractivity contribution in [3.05, 3.63) is 34.0 Å². The van der Waals surface area contributed by atoms with Gasteiger partial charge in [0.1, 0.15) is 0 Å². The first-order chi connectivity index (χ1) is 8.04. The first kappa shape index (κ1) is 13.9. The minimum atomic E-state index is 0.00125. The maximum absolute atomic E-state index is 11.4. The van der Waals surface area contributed by atoms with E-state index in [2.05, 4.69) is 44.1 Å². The highest BCUT2D eigenvalue weighted by Crippen LogP contribution is 2.25. The van der Waals surface area contributed by atoms with Crippen LogP contribution in [0.15, 0.2) is 18.7 Å². The van der Waals surface area contributed by atoms with E-state index < -0.39 is 0 Å². The molecule has 17 heavy (non-hydrogen) atoms. The molecule has 1 atom stereocenters. The van der Waals surface area contributed by atoms with Gasteiger partial charge < -0.3 is 10.6 Å². The van der Waals surface area contributed by atoms with Crippen molar-refractivity contribution in [1.29, 1.82) is 0 Å². The van der Waals surface area contributed by atoms with Crippen LogP contribution in [0, 0.1) is 13.8 Å². The minimum absolute atomic E-state index is 0.00125. The Hall–Kier alpha value is -1.13. The van der Waals surface area contributed by atoms with Crippen LogP contribution in [0.1, 0.15) is 28.3 Å². The van der Waals surface area contributed by atoms with Crippen molar-refractivity contribution in [3.8, 4) is 0 Å². The molecule has 0 radical (unpaired) electrons. The van der Waals surface area contributed by atoms with Gasteiger partial charge in [-0.2, -0.15) is 0 Å². The standard InChI is InChI=1S/C13H20N2OS/c1-5-6-14-13(16)8-15-10(3)12-7-9(2)17-11(12)4/h5,7,10,15H,1,6,8H2,2-4H3,(H,14,16)/t10-/m1/s1. The molecule has 2 N–H and O–H groups in total. The molecule has 4 heteroatoms. The molecule has 0 aliphatic rings. The molecule has 0 aliphatic carbocycles. The fourth-order valence-corrected chi connectivity index (χ4v) is 2.71. The highest BCUT2D eigenvalue weighted by atomic mass is 32.1. The van der Waals surface area contributed by atoms with Gasteiger partial charge in [-0.25, -0.2) is 0 Å². The summed E-state index contributed by atoms with van der Waals surface area (Å²) in [6.07, 6.45) is 1.67. The van der Waals surface area contributed by atoms with Crippen LogP contribution in [-0.2, 0) is 4.79 Å². The third kappa shape index (κ3) is 4.32. The fourth-order valence-electron chi connectivity index (χ4n) is 1.68. The van der Waals surface area contributed by atoms with Gasteiger partial charge in [-0.3, -0.25) is 4.79 Å². The highest BCUT2D eigenvalue weighted by molar-refractivity contribution is 7.12. The van der Waals surface area contributed by atoms with Gasteiger partial charge in [-0.15, -0.1) is 17.9 Å². The lowest BCUT2D eigenvalue weighted by Crippen LogP contribution is -2.35. The average molecular weight is 252 g/mol. The largest absolute Gasteiger partial charge is 0.352 e. The van der Waals surface area contributed by atoms with Crippen LogP contribution in [0.3, 0.4) is 0 Å². The summed E-state index contributed by atoms with van der Waals surface area (Å²) in [6, 6.07) is 2.38. The highest BCUT2D eigenvalue weighted by Gasteiger charge is 2.11. The number of carbonyl (C=O) groups excluding carboxylic acids is 1. The lowest BCUT2D eigenvalue weighted by Gasteiger charge is -2.13. The van der Waals surface area contributed by atoms with Crippen molar-refractivity contribution in [2.75, 3.05) is 13.1 Å². The second-order valence-corrected chi connectivity index (χ2v) is 5.52. The third-order valence-electron chi connectivity index (χ3n) is 2.56. The quantitative estimate of drug-likeness (QED) is 0.763. The molecule has 0 aromatic carbocycles.